The second kappa shape index (κ2) is 5.25. The Morgan fingerprint density at radius 1 is 1.40 bits per heavy atom. The Hall–Kier alpha value is -0.910. The standard InChI is InChI=1S/C10H17N3O2/c11-7-9-8-12-15-10(9)1-2-13-3-5-14-6-4-13/h8H,1-7,11H2. The predicted molar refractivity (Wildman–Crippen MR) is 55.4 cm³/mol. The molecule has 15 heavy (non-hydrogen) atoms. The summed E-state index contributed by atoms with van der Waals surface area (Å²) in [6, 6.07) is 0. The number of hydrogen-bond donors (Lipinski definition) is 1. The van der Waals surface area contributed by atoms with E-state index in [1.54, 1.807) is 6.20 Å². The maximum atomic E-state index is 5.57. The summed E-state index contributed by atoms with van der Waals surface area (Å²) in [6.45, 7) is 5.17. The highest BCUT2D eigenvalue weighted by atomic mass is 16.5. The van der Waals surface area contributed by atoms with Crippen molar-refractivity contribution in [3.63, 3.8) is 0 Å². The molecule has 1 aromatic rings. The summed E-state index contributed by atoms with van der Waals surface area (Å²) in [5.74, 6) is 0.920. The molecule has 0 unspecified atom stereocenters. The fourth-order valence-electron chi connectivity index (χ4n) is 1.74. The van der Waals surface area contributed by atoms with Crippen LogP contribution in [0.25, 0.3) is 0 Å². The zero-order valence-electron chi connectivity index (χ0n) is 8.82. The Bertz CT molecular complexity index is 295. The summed E-state index contributed by atoms with van der Waals surface area (Å²) in [5, 5.41) is 3.76. The topological polar surface area (TPSA) is 64.5 Å². The van der Waals surface area contributed by atoms with E-state index in [1.807, 2.05) is 0 Å². The average Bonchev–Trinajstić information content (AvgIpc) is 2.75. The fourth-order valence-corrected chi connectivity index (χ4v) is 1.74. The van der Waals surface area contributed by atoms with Gasteiger partial charge in [0, 0.05) is 38.2 Å². The average molecular weight is 211 g/mol. The van der Waals surface area contributed by atoms with Gasteiger partial charge in [0.2, 0.25) is 0 Å². The molecule has 2 heterocycles. The van der Waals surface area contributed by atoms with E-state index in [1.165, 1.54) is 0 Å². The molecule has 84 valence electrons. The van der Waals surface area contributed by atoms with Gasteiger partial charge in [-0.05, 0) is 0 Å². The van der Waals surface area contributed by atoms with Crippen molar-refractivity contribution >= 4 is 0 Å². The molecule has 1 saturated heterocycles. The normalized spacial score (nSPS) is 18.2. The van der Waals surface area contributed by atoms with Crippen LogP contribution in [0, 0.1) is 0 Å². The van der Waals surface area contributed by atoms with Crippen molar-refractivity contribution in [3.05, 3.63) is 17.5 Å². The molecule has 1 fully saturated rings. The van der Waals surface area contributed by atoms with Crippen LogP contribution >= 0.6 is 0 Å². The van der Waals surface area contributed by atoms with Gasteiger partial charge in [-0.25, -0.2) is 0 Å². The second-order valence-corrected chi connectivity index (χ2v) is 3.68. The van der Waals surface area contributed by atoms with Crippen molar-refractivity contribution in [3.8, 4) is 0 Å². The van der Waals surface area contributed by atoms with Crippen LogP contribution in [-0.2, 0) is 17.7 Å². The van der Waals surface area contributed by atoms with Gasteiger partial charge in [0.1, 0.15) is 5.76 Å². The van der Waals surface area contributed by atoms with Gasteiger partial charge in [0.25, 0.3) is 0 Å². The smallest absolute Gasteiger partial charge is 0.142 e. The van der Waals surface area contributed by atoms with E-state index in [-0.39, 0.29) is 0 Å². The number of morpholine rings is 1. The van der Waals surface area contributed by atoms with Crippen LogP contribution in [0.1, 0.15) is 11.3 Å². The Morgan fingerprint density at radius 2 is 2.20 bits per heavy atom. The van der Waals surface area contributed by atoms with Gasteiger partial charge in [0.15, 0.2) is 0 Å². The van der Waals surface area contributed by atoms with E-state index >= 15 is 0 Å². The molecule has 0 aromatic carbocycles. The Labute approximate surface area is 89.2 Å². The molecular weight excluding hydrogens is 194 g/mol. The summed E-state index contributed by atoms with van der Waals surface area (Å²) < 4.78 is 10.4. The van der Waals surface area contributed by atoms with Crippen molar-refractivity contribution < 1.29 is 9.26 Å². The Kier molecular flexibility index (Phi) is 3.71. The monoisotopic (exact) mass is 211 g/mol. The molecule has 2 rings (SSSR count). The molecule has 0 bridgehead atoms. The largest absolute Gasteiger partial charge is 0.379 e. The van der Waals surface area contributed by atoms with Crippen LogP contribution in [0.5, 0.6) is 0 Å². The highest BCUT2D eigenvalue weighted by Crippen LogP contribution is 2.09. The third-order valence-corrected chi connectivity index (χ3v) is 2.71. The van der Waals surface area contributed by atoms with Crippen molar-refractivity contribution in [2.75, 3.05) is 32.8 Å². The molecule has 5 nitrogen and oxygen atoms in total. The minimum absolute atomic E-state index is 0.502. The number of aromatic nitrogens is 1. The minimum atomic E-state index is 0.502. The predicted octanol–water partition coefficient (Wildman–Crippen LogP) is 0.00800. The van der Waals surface area contributed by atoms with E-state index in [0.717, 1.165) is 50.6 Å². The number of nitrogens with two attached hydrogens (primary N) is 1. The van der Waals surface area contributed by atoms with Crippen LogP contribution in [0.4, 0.5) is 0 Å². The zero-order chi connectivity index (χ0) is 10.5. The molecule has 0 aliphatic carbocycles. The molecule has 0 radical (unpaired) electrons. The summed E-state index contributed by atoms with van der Waals surface area (Å²) in [4.78, 5) is 2.37. The molecule has 0 saturated carbocycles. The fraction of sp³-hybridized carbons (Fsp3) is 0.700. The van der Waals surface area contributed by atoms with Gasteiger partial charge in [-0.3, -0.25) is 4.90 Å². The lowest BCUT2D eigenvalue weighted by Crippen LogP contribution is -2.37. The van der Waals surface area contributed by atoms with Crippen LogP contribution in [0.3, 0.4) is 0 Å². The van der Waals surface area contributed by atoms with Crippen LogP contribution in [-0.4, -0.2) is 42.9 Å². The first-order valence-electron chi connectivity index (χ1n) is 5.32. The molecular formula is C10H17N3O2. The summed E-state index contributed by atoms with van der Waals surface area (Å²) in [7, 11) is 0. The van der Waals surface area contributed by atoms with Gasteiger partial charge in [-0.1, -0.05) is 5.16 Å². The van der Waals surface area contributed by atoms with Crippen LogP contribution < -0.4 is 5.73 Å². The van der Waals surface area contributed by atoms with Crippen LogP contribution in [0.2, 0.25) is 0 Å². The first kappa shape index (κ1) is 10.6. The second-order valence-electron chi connectivity index (χ2n) is 3.68. The van der Waals surface area contributed by atoms with E-state index in [4.69, 9.17) is 15.0 Å². The van der Waals surface area contributed by atoms with Crippen LogP contribution in [0.15, 0.2) is 10.7 Å². The SMILES string of the molecule is NCc1cnoc1CCN1CCOCC1. The first-order chi connectivity index (χ1) is 7.40. The lowest BCUT2D eigenvalue weighted by molar-refractivity contribution is 0.0377. The van der Waals surface area contributed by atoms with Crippen molar-refractivity contribution in [2.45, 2.75) is 13.0 Å². The quantitative estimate of drug-likeness (QED) is 0.760. The number of hydrogen-bond acceptors (Lipinski definition) is 5. The maximum Gasteiger partial charge on any atom is 0.142 e. The number of nitrogens with zero attached hydrogens (tertiary/aromatic N) is 2. The lowest BCUT2D eigenvalue weighted by atomic mass is 10.2. The minimum Gasteiger partial charge on any atom is -0.379 e. The van der Waals surface area contributed by atoms with Gasteiger partial charge >= 0.3 is 0 Å². The summed E-state index contributed by atoms with van der Waals surface area (Å²) in [6.07, 6.45) is 2.58. The van der Waals surface area contributed by atoms with Gasteiger partial charge in [0.05, 0.1) is 19.4 Å². The molecule has 0 atom stereocenters. The van der Waals surface area contributed by atoms with Crippen molar-refractivity contribution in [2.24, 2.45) is 5.73 Å². The highest BCUT2D eigenvalue weighted by Gasteiger charge is 2.12. The van der Waals surface area contributed by atoms with E-state index < -0.39 is 0 Å². The van der Waals surface area contributed by atoms with E-state index in [2.05, 4.69) is 10.1 Å². The molecule has 1 aliphatic rings. The molecule has 0 amide bonds. The summed E-state index contributed by atoms with van der Waals surface area (Å²) >= 11 is 0. The summed E-state index contributed by atoms with van der Waals surface area (Å²) in [5.41, 5.74) is 6.59. The molecule has 1 aliphatic heterocycles. The molecule has 1 aromatic heterocycles. The lowest BCUT2D eigenvalue weighted by Gasteiger charge is -2.26. The zero-order valence-corrected chi connectivity index (χ0v) is 8.82. The van der Waals surface area contributed by atoms with Gasteiger partial charge in [-0.15, -0.1) is 0 Å². The number of ether oxygens (including phenoxy) is 1. The number of rotatable bonds is 4. The van der Waals surface area contributed by atoms with E-state index in [0.29, 0.717) is 6.54 Å². The Morgan fingerprint density at radius 3 is 2.93 bits per heavy atom. The molecule has 2 N–H and O–H groups in total. The third-order valence-electron chi connectivity index (χ3n) is 2.71. The maximum absolute atomic E-state index is 5.57. The van der Waals surface area contributed by atoms with Gasteiger partial charge in [-0.2, -0.15) is 0 Å². The Balaban J connectivity index is 1.81. The molecule has 5 heteroatoms. The highest BCUT2D eigenvalue weighted by molar-refractivity contribution is 5.13. The first-order valence-corrected chi connectivity index (χ1v) is 5.32. The van der Waals surface area contributed by atoms with E-state index in [9.17, 15) is 0 Å². The van der Waals surface area contributed by atoms with Crippen molar-refractivity contribution in [1.82, 2.24) is 10.1 Å². The third kappa shape index (κ3) is 2.77. The molecule has 0 spiro atoms. The van der Waals surface area contributed by atoms with Gasteiger partial charge < -0.3 is 15.0 Å². The van der Waals surface area contributed by atoms with Crippen molar-refractivity contribution in [1.29, 1.82) is 0 Å².